The standard InChI is InChI=1S/C15H20N2O4/c1-10-5-3-4-8-17(10)15(20)16-12-9-11(14(18)19)6-7-13(12)21-2/h6-7,9-10H,3-5,8H2,1-2H3,(H,16,20)(H,18,19). The third-order valence-electron chi connectivity index (χ3n) is 3.75. The van der Waals surface area contributed by atoms with Gasteiger partial charge in [-0.1, -0.05) is 0 Å². The van der Waals surface area contributed by atoms with Crippen LogP contribution in [-0.4, -0.2) is 41.7 Å². The SMILES string of the molecule is COc1ccc(C(=O)O)cc1NC(=O)N1CCCCC1C. The van der Waals surface area contributed by atoms with Gasteiger partial charge in [-0.25, -0.2) is 9.59 Å². The van der Waals surface area contributed by atoms with Crippen molar-refractivity contribution in [2.45, 2.75) is 32.2 Å². The van der Waals surface area contributed by atoms with Crippen LogP contribution in [0.15, 0.2) is 18.2 Å². The fourth-order valence-corrected chi connectivity index (χ4v) is 2.53. The number of carboxylic acids is 1. The molecule has 1 atom stereocenters. The van der Waals surface area contributed by atoms with Crippen molar-refractivity contribution in [1.29, 1.82) is 0 Å². The Hall–Kier alpha value is -2.24. The van der Waals surface area contributed by atoms with Crippen molar-refractivity contribution < 1.29 is 19.4 Å². The highest BCUT2D eigenvalue weighted by Crippen LogP contribution is 2.27. The van der Waals surface area contributed by atoms with E-state index in [4.69, 9.17) is 9.84 Å². The van der Waals surface area contributed by atoms with Gasteiger partial charge in [-0.15, -0.1) is 0 Å². The summed E-state index contributed by atoms with van der Waals surface area (Å²) in [7, 11) is 1.48. The number of piperidine rings is 1. The molecule has 0 saturated carbocycles. The van der Waals surface area contributed by atoms with Crippen LogP contribution in [0.1, 0.15) is 36.5 Å². The van der Waals surface area contributed by atoms with Gasteiger partial charge in [0.25, 0.3) is 0 Å². The summed E-state index contributed by atoms with van der Waals surface area (Å²) in [5, 5.41) is 11.8. The molecule has 2 N–H and O–H groups in total. The predicted octanol–water partition coefficient (Wildman–Crippen LogP) is 2.80. The number of aromatic carboxylic acids is 1. The summed E-state index contributed by atoms with van der Waals surface area (Å²) in [6, 6.07) is 4.36. The summed E-state index contributed by atoms with van der Waals surface area (Å²) >= 11 is 0. The van der Waals surface area contributed by atoms with Crippen LogP contribution in [-0.2, 0) is 0 Å². The van der Waals surface area contributed by atoms with Gasteiger partial charge in [0.05, 0.1) is 18.4 Å². The Balaban J connectivity index is 2.19. The van der Waals surface area contributed by atoms with Crippen LogP contribution in [0.5, 0.6) is 5.75 Å². The molecule has 0 radical (unpaired) electrons. The lowest BCUT2D eigenvalue weighted by atomic mass is 10.0. The number of rotatable bonds is 3. The van der Waals surface area contributed by atoms with Gasteiger partial charge in [-0.3, -0.25) is 0 Å². The van der Waals surface area contributed by atoms with Crippen LogP contribution < -0.4 is 10.1 Å². The average molecular weight is 292 g/mol. The molecule has 1 aromatic rings. The lowest BCUT2D eigenvalue weighted by Gasteiger charge is -2.33. The Morgan fingerprint density at radius 1 is 1.38 bits per heavy atom. The Labute approximate surface area is 123 Å². The number of nitrogens with zero attached hydrogens (tertiary/aromatic N) is 1. The van der Waals surface area contributed by atoms with Crippen LogP contribution in [0.2, 0.25) is 0 Å². The first-order chi connectivity index (χ1) is 10.0. The molecule has 1 saturated heterocycles. The number of urea groups is 1. The molecule has 2 rings (SSSR count). The molecule has 114 valence electrons. The topological polar surface area (TPSA) is 78.9 Å². The third kappa shape index (κ3) is 3.45. The highest BCUT2D eigenvalue weighted by atomic mass is 16.5. The van der Waals surface area contributed by atoms with Gasteiger partial charge in [-0.2, -0.15) is 0 Å². The molecule has 2 amide bonds. The molecule has 21 heavy (non-hydrogen) atoms. The monoisotopic (exact) mass is 292 g/mol. The number of amides is 2. The summed E-state index contributed by atoms with van der Waals surface area (Å²) in [5.41, 5.74) is 0.484. The number of nitrogens with one attached hydrogen (secondary N) is 1. The number of benzene rings is 1. The minimum Gasteiger partial charge on any atom is -0.495 e. The van der Waals surface area contributed by atoms with Crippen molar-refractivity contribution in [3.05, 3.63) is 23.8 Å². The van der Waals surface area contributed by atoms with Crippen molar-refractivity contribution in [3.8, 4) is 5.75 Å². The van der Waals surface area contributed by atoms with Gasteiger partial charge in [0.2, 0.25) is 0 Å². The molecule has 1 heterocycles. The maximum Gasteiger partial charge on any atom is 0.335 e. The number of carbonyl (C=O) groups is 2. The number of methoxy groups -OCH3 is 1. The van der Waals surface area contributed by atoms with E-state index < -0.39 is 5.97 Å². The number of hydrogen-bond acceptors (Lipinski definition) is 3. The first kappa shape index (κ1) is 15.2. The summed E-state index contributed by atoms with van der Waals surface area (Å²) in [5.74, 6) is -0.600. The summed E-state index contributed by atoms with van der Waals surface area (Å²) in [6.07, 6.45) is 3.10. The van der Waals surface area contributed by atoms with Gasteiger partial charge >= 0.3 is 12.0 Å². The zero-order valence-corrected chi connectivity index (χ0v) is 12.3. The van der Waals surface area contributed by atoms with E-state index in [9.17, 15) is 9.59 Å². The Bertz CT molecular complexity index is 544. The molecule has 1 fully saturated rings. The molecule has 1 aliphatic heterocycles. The lowest BCUT2D eigenvalue weighted by Crippen LogP contribution is -2.44. The van der Waals surface area contributed by atoms with E-state index in [1.165, 1.54) is 19.2 Å². The normalized spacial score (nSPS) is 18.2. The number of carboxylic acid groups (broad SMARTS) is 1. The highest BCUT2D eigenvalue weighted by molar-refractivity contribution is 5.95. The quantitative estimate of drug-likeness (QED) is 0.898. The number of carbonyl (C=O) groups excluding carboxylic acids is 1. The predicted molar refractivity (Wildman–Crippen MR) is 79.0 cm³/mol. The van der Waals surface area contributed by atoms with Crippen LogP contribution in [0.25, 0.3) is 0 Å². The van der Waals surface area contributed by atoms with Crippen LogP contribution in [0.3, 0.4) is 0 Å². The Kier molecular flexibility index (Phi) is 4.67. The Morgan fingerprint density at radius 2 is 2.14 bits per heavy atom. The highest BCUT2D eigenvalue weighted by Gasteiger charge is 2.24. The number of hydrogen-bond donors (Lipinski definition) is 2. The second kappa shape index (κ2) is 6.47. The van der Waals surface area contributed by atoms with Crippen molar-refractivity contribution in [1.82, 2.24) is 4.90 Å². The minimum atomic E-state index is -1.04. The van der Waals surface area contributed by atoms with E-state index in [-0.39, 0.29) is 17.6 Å². The first-order valence-corrected chi connectivity index (χ1v) is 7.02. The van der Waals surface area contributed by atoms with Gasteiger partial charge in [0, 0.05) is 12.6 Å². The molecule has 0 aromatic heterocycles. The van der Waals surface area contributed by atoms with E-state index in [1.807, 2.05) is 6.92 Å². The molecule has 0 spiro atoms. The molecule has 6 nitrogen and oxygen atoms in total. The lowest BCUT2D eigenvalue weighted by molar-refractivity contribution is 0.0697. The first-order valence-electron chi connectivity index (χ1n) is 7.02. The maximum atomic E-state index is 12.3. The van der Waals surface area contributed by atoms with E-state index in [0.717, 1.165) is 19.3 Å². The number of anilines is 1. The number of ether oxygens (including phenoxy) is 1. The van der Waals surface area contributed by atoms with Gasteiger partial charge in [-0.05, 0) is 44.4 Å². The second-order valence-corrected chi connectivity index (χ2v) is 5.19. The van der Waals surface area contributed by atoms with Gasteiger partial charge in [0.15, 0.2) is 0 Å². The fourth-order valence-electron chi connectivity index (χ4n) is 2.53. The smallest absolute Gasteiger partial charge is 0.335 e. The molecule has 0 aliphatic carbocycles. The van der Waals surface area contributed by atoms with Crippen LogP contribution in [0.4, 0.5) is 10.5 Å². The summed E-state index contributed by atoms with van der Waals surface area (Å²) < 4.78 is 5.17. The van der Waals surface area contributed by atoms with Crippen molar-refractivity contribution in [2.75, 3.05) is 19.0 Å². The molecular weight excluding hydrogens is 272 g/mol. The molecule has 1 unspecified atom stereocenters. The molecular formula is C15H20N2O4. The minimum absolute atomic E-state index is 0.109. The second-order valence-electron chi connectivity index (χ2n) is 5.19. The zero-order chi connectivity index (χ0) is 15.4. The summed E-state index contributed by atoms with van der Waals surface area (Å²) in [6.45, 7) is 2.73. The van der Waals surface area contributed by atoms with Crippen LogP contribution in [0, 0.1) is 0 Å². The molecule has 6 heteroatoms. The third-order valence-corrected chi connectivity index (χ3v) is 3.75. The zero-order valence-electron chi connectivity index (χ0n) is 12.3. The molecule has 0 bridgehead atoms. The molecule has 1 aromatic carbocycles. The van der Waals surface area contributed by atoms with Crippen molar-refractivity contribution >= 4 is 17.7 Å². The summed E-state index contributed by atoms with van der Waals surface area (Å²) in [4.78, 5) is 25.1. The van der Waals surface area contributed by atoms with Crippen molar-refractivity contribution in [2.24, 2.45) is 0 Å². The maximum absolute atomic E-state index is 12.3. The van der Waals surface area contributed by atoms with Gasteiger partial charge < -0.3 is 20.1 Å². The van der Waals surface area contributed by atoms with E-state index in [2.05, 4.69) is 5.32 Å². The van der Waals surface area contributed by atoms with E-state index >= 15 is 0 Å². The molecule has 1 aliphatic rings. The number of likely N-dealkylation sites (tertiary alicyclic amines) is 1. The van der Waals surface area contributed by atoms with Gasteiger partial charge in [0.1, 0.15) is 5.75 Å². The fraction of sp³-hybridized carbons (Fsp3) is 0.467. The van der Waals surface area contributed by atoms with Crippen LogP contribution >= 0.6 is 0 Å². The van der Waals surface area contributed by atoms with E-state index in [1.54, 1.807) is 11.0 Å². The van der Waals surface area contributed by atoms with E-state index in [0.29, 0.717) is 18.0 Å². The largest absolute Gasteiger partial charge is 0.495 e. The van der Waals surface area contributed by atoms with Crippen molar-refractivity contribution in [3.63, 3.8) is 0 Å². The Morgan fingerprint density at radius 3 is 2.76 bits per heavy atom. The average Bonchev–Trinajstić information content (AvgIpc) is 2.47.